The van der Waals surface area contributed by atoms with Crippen LogP contribution in [-0.4, -0.2) is 48.1 Å². The van der Waals surface area contributed by atoms with E-state index in [1.165, 1.54) is 5.56 Å². The van der Waals surface area contributed by atoms with E-state index in [9.17, 15) is 4.79 Å². The second-order valence-electron chi connectivity index (χ2n) is 7.58. The van der Waals surface area contributed by atoms with Crippen LogP contribution < -0.4 is 5.32 Å². The van der Waals surface area contributed by atoms with E-state index in [-0.39, 0.29) is 18.4 Å². The standard InChI is InChI=1S/C24H27N3O3/c1-18-22(26-24(30-18)20-10-6-3-7-11-20)14-23(28)25-15-21-17-27(12-13-29-21)16-19-8-4-2-5-9-19/h2-11,21H,12-17H2,1H3,(H,25,28)/t21-/m1/s1. The smallest absolute Gasteiger partial charge is 0.226 e. The molecule has 156 valence electrons. The summed E-state index contributed by atoms with van der Waals surface area (Å²) in [5.74, 6) is 1.14. The molecular weight excluding hydrogens is 378 g/mol. The van der Waals surface area contributed by atoms with Crippen molar-refractivity contribution in [2.75, 3.05) is 26.2 Å². The van der Waals surface area contributed by atoms with E-state index in [2.05, 4.69) is 39.5 Å². The van der Waals surface area contributed by atoms with Gasteiger partial charge in [0.2, 0.25) is 11.8 Å². The number of carbonyl (C=O) groups is 1. The van der Waals surface area contributed by atoms with E-state index in [1.54, 1.807) is 0 Å². The fraction of sp³-hybridized carbons (Fsp3) is 0.333. The zero-order chi connectivity index (χ0) is 20.8. The summed E-state index contributed by atoms with van der Waals surface area (Å²) in [5, 5.41) is 2.99. The van der Waals surface area contributed by atoms with E-state index < -0.39 is 0 Å². The summed E-state index contributed by atoms with van der Waals surface area (Å²) in [5.41, 5.74) is 2.86. The highest BCUT2D eigenvalue weighted by molar-refractivity contribution is 5.78. The molecular formula is C24H27N3O3. The highest BCUT2D eigenvalue weighted by atomic mass is 16.5. The summed E-state index contributed by atoms with van der Waals surface area (Å²) >= 11 is 0. The molecule has 6 nitrogen and oxygen atoms in total. The predicted octanol–water partition coefficient (Wildman–Crippen LogP) is 3.21. The average molecular weight is 405 g/mol. The molecule has 1 aliphatic rings. The Bertz CT molecular complexity index is 956. The number of ether oxygens (including phenoxy) is 1. The lowest BCUT2D eigenvalue weighted by atomic mass is 10.2. The van der Waals surface area contributed by atoms with Crippen molar-refractivity contribution in [2.45, 2.75) is 26.0 Å². The van der Waals surface area contributed by atoms with E-state index >= 15 is 0 Å². The Morgan fingerprint density at radius 3 is 2.63 bits per heavy atom. The van der Waals surface area contributed by atoms with Crippen LogP contribution in [0.5, 0.6) is 0 Å². The number of nitrogens with zero attached hydrogens (tertiary/aromatic N) is 2. The van der Waals surface area contributed by atoms with Crippen LogP contribution in [0.3, 0.4) is 0 Å². The number of carbonyl (C=O) groups excluding carboxylic acids is 1. The minimum absolute atomic E-state index is 0.00954. The Balaban J connectivity index is 1.27. The van der Waals surface area contributed by atoms with Gasteiger partial charge in [0.05, 0.1) is 24.8 Å². The second-order valence-corrected chi connectivity index (χ2v) is 7.58. The summed E-state index contributed by atoms with van der Waals surface area (Å²) in [4.78, 5) is 19.3. The van der Waals surface area contributed by atoms with Gasteiger partial charge in [-0.3, -0.25) is 9.69 Å². The van der Waals surface area contributed by atoms with Crippen LogP contribution in [0.25, 0.3) is 11.5 Å². The molecule has 0 aliphatic carbocycles. The van der Waals surface area contributed by atoms with Crippen LogP contribution in [0, 0.1) is 6.92 Å². The number of benzene rings is 2. The number of hydrogen-bond acceptors (Lipinski definition) is 5. The van der Waals surface area contributed by atoms with Gasteiger partial charge in [-0.25, -0.2) is 4.98 Å². The van der Waals surface area contributed by atoms with Crippen LogP contribution in [-0.2, 0) is 22.5 Å². The van der Waals surface area contributed by atoms with Gasteiger partial charge in [-0.2, -0.15) is 0 Å². The van der Waals surface area contributed by atoms with Crippen LogP contribution in [0.15, 0.2) is 65.1 Å². The van der Waals surface area contributed by atoms with Crippen LogP contribution in [0.1, 0.15) is 17.0 Å². The molecule has 0 radical (unpaired) electrons. The largest absolute Gasteiger partial charge is 0.441 e. The number of aromatic nitrogens is 1. The fourth-order valence-electron chi connectivity index (χ4n) is 3.63. The SMILES string of the molecule is Cc1oc(-c2ccccc2)nc1CC(=O)NC[C@@H]1CN(Cc2ccccc2)CCO1. The molecule has 0 bridgehead atoms. The van der Waals surface area contributed by atoms with Crippen molar-refractivity contribution in [3.8, 4) is 11.5 Å². The van der Waals surface area contributed by atoms with E-state index in [1.807, 2.05) is 43.3 Å². The maximum Gasteiger partial charge on any atom is 0.226 e. The van der Waals surface area contributed by atoms with Gasteiger partial charge in [-0.05, 0) is 24.6 Å². The Morgan fingerprint density at radius 1 is 1.13 bits per heavy atom. The molecule has 3 aromatic rings. The molecule has 1 amide bonds. The molecule has 1 N–H and O–H groups in total. The molecule has 1 atom stereocenters. The molecule has 1 saturated heterocycles. The molecule has 2 aromatic carbocycles. The summed E-state index contributed by atoms with van der Waals surface area (Å²) in [6.07, 6.45) is 0.188. The second kappa shape index (κ2) is 9.69. The molecule has 0 saturated carbocycles. The Hall–Kier alpha value is -2.96. The van der Waals surface area contributed by atoms with Gasteiger partial charge in [-0.1, -0.05) is 48.5 Å². The van der Waals surface area contributed by atoms with Gasteiger partial charge in [0, 0.05) is 31.7 Å². The van der Waals surface area contributed by atoms with Crippen molar-refractivity contribution in [2.24, 2.45) is 0 Å². The number of aryl methyl sites for hydroxylation is 1. The van der Waals surface area contributed by atoms with Crippen molar-refractivity contribution in [1.82, 2.24) is 15.2 Å². The zero-order valence-electron chi connectivity index (χ0n) is 17.2. The van der Waals surface area contributed by atoms with Gasteiger partial charge >= 0.3 is 0 Å². The van der Waals surface area contributed by atoms with Crippen LogP contribution in [0.2, 0.25) is 0 Å². The lowest BCUT2D eigenvalue weighted by molar-refractivity contribution is -0.121. The fourth-order valence-corrected chi connectivity index (χ4v) is 3.63. The summed E-state index contributed by atoms with van der Waals surface area (Å²) in [7, 11) is 0. The number of morpholine rings is 1. The molecule has 2 heterocycles. The summed E-state index contributed by atoms with van der Waals surface area (Å²) < 4.78 is 11.6. The lowest BCUT2D eigenvalue weighted by Crippen LogP contribution is -2.47. The highest BCUT2D eigenvalue weighted by Gasteiger charge is 2.22. The monoisotopic (exact) mass is 405 g/mol. The Morgan fingerprint density at radius 2 is 1.87 bits per heavy atom. The first kappa shape index (κ1) is 20.3. The van der Waals surface area contributed by atoms with Crippen molar-refractivity contribution < 1.29 is 13.9 Å². The summed E-state index contributed by atoms with van der Waals surface area (Å²) in [6, 6.07) is 20.1. The lowest BCUT2D eigenvalue weighted by Gasteiger charge is -2.33. The zero-order valence-corrected chi connectivity index (χ0v) is 17.2. The molecule has 0 spiro atoms. The molecule has 6 heteroatoms. The normalized spacial score (nSPS) is 17.0. The third-order valence-corrected chi connectivity index (χ3v) is 5.24. The van der Waals surface area contributed by atoms with E-state index in [4.69, 9.17) is 9.15 Å². The number of rotatable bonds is 7. The topological polar surface area (TPSA) is 67.6 Å². The Labute approximate surface area is 176 Å². The maximum absolute atomic E-state index is 12.5. The van der Waals surface area contributed by atoms with Crippen molar-refractivity contribution in [3.05, 3.63) is 77.7 Å². The third-order valence-electron chi connectivity index (χ3n) is 5.24. The molecule has 1 aromatic heterocycles. The van der Waals surface area contributed by atoms with Gasteiger partial charge in [0.1, 0.15) is 5.76 Å². The van der Waals surface area contributed by atoms with Gasteiger partial charge in [0.25, 0.3) is 0 Å². The number of hydrogen-bond donors (Lipinski definition) is 1. The van der Waals surface area contributed by atoms with E-state index in [0.29, 0.717) is 30.5 Å². The predicted molar refractivity (Wildman–Crippen MR) is 115 cm³/mol. The van der Waals surface area contributed by atoms with Crippen LogP contribution in [0.4, 0.5) is 0 Å². The van der Waals surface area contributed by atoms with Crippen molar-refractivity contribution in [3.63, 3.8) is 0 Å². The molecule has 30 heavy (non-hydrogen) atoms. The minimum atomic E-state index is -0.0743. The first-order chi connectivity index (χ1) is 14.7. The van der Waals surface area contributed by atoms with E-state index in [0.717, 1.165) is 25.2 Å². The first-order valence-electron chi connectivity index (χ1n) is 10.3. The maximum atomic E-state index is 12.5. The quantitative estimate of drug-likeness (QED) is 0.654. The van der Waals surface area contributed by atoms with Crippen molar-refractivity contribution in [1.29, 1.82) is 0 Å². The highest BCUT2D eigenvalue weighted by Crippen LogP contribution is 2.21. The van der Waals surface area contributed by atoms with Gasteiger partial charge < -0.3 is 14.5 Å². The molecule has 1 aliphatic heterocycles. The number of nitrogens with one attached hydrogen (secondary N) is 1. The molecule has 4 rings (SSSR count). The number of oxazole rings is 1. The average Bonchev–Trinajstić information content (AvgIpc) is 3.14. The van der Waals surface area contributed by atoms with Gasteiger partial charge in [0.15, 0.2) is 0 Å². The Kier molecular flexibility index (Phi) is 6.57. The molecule has 0 unspecified atom stereocenters. The first-order valence-corrected chi connectivity index (χ1v) is 10.3. The third kappa shape index (κ3) is 5.34. The minimum Gasteiger partial charge on any atom is -0.441 e. The van der Waals surface area contributed by atoms with Crippen molar-refractivity contribution >= 4 is 5.91 Å². The van der Waals surface area contributed by atoms with Gasteiger partial charge in [-0.15, -0.1) is 0 Å². The molecule has 1 fully saturated rings. The van der Waals surface area contributed by atoms with Crippen LogP contribution >= 0.6 is 0 Å². The summed E-state index contributed by atoms with van der Waals surface area (Å²) in [6.45, 7) is 5.61. The number of amides is 1.